The minimum atomic E-state index is 0.839. The summed E-state index contributed by atoms with van der Waals surface area (Å²) in [6.07, 6.45) is 6.74. The van der Waals surface area contributed by atoms with Crippen LogP contribution in [0.1, 0.15) is 39.0 Å². The summed E-state index contributed by atoms with van der Waals surface area (Å²) in [7, 11) is 0. The normalized spacial score (nSPS) is 31.1. The second kappa shape index (κ2) is 5.13. The molecule has 0 aromatic heterocycles. The quantitative estimate of drug-likeness (QED) is 0.688. The largest absolute Gasteiger partial charge is 0.381 e. The summed E-state index contributed by atoms with van der Waals surface area (Å²) < 4.78 is 5.41. The van der Waals surface area contributed by atoms with E-state index >= 15 is 0 Å². The molecule has 0 aliphatic carbocycles. The molecular weight excluding hydrogens is 174 g/mol. The first-order chi connectivity index (χ1) is 6.90. The van der Waals surface area contributed by atoms with E-state index in [-0.39, 0.29) is 0 Å². The molecule has 0 unspecified atom stereocenters. The average Bonchev–Trinajstić information content (AvgIpc) is 2.68. The smallest absolute Gasteiger partial charge is 0.0480 e. The molecule has 2 aliphatic heterocycles. The second-order valence-corrected chi connectivity index (χ2v) is 4.78. The first-order valence-corrected chi connectivity index (χ1v) is 6.22. The Kier molecular flexibility index (Phi) is 3.82. The summed E-state index contributed by atoms with van der Waals surface area (Å²) in [5.41, 5.74) is 0. The molecule has 14 heavy (non-hydrogen) atoms. The fourth-order valence-corrected chi connectivity index (χ4v) is 2.89. The Morgan fingerprint density at radius 2 is 2.00 bits per heavy atom. The van der Waals surface area contributed by atoms with Crippen molar-refractivity contribution >= 4 is 0 Å². The Balaban J connectivity index is 1.76. The van der Waals surface area contributed by atoms with Gasteiger partial charge in [0.25, 0.3) is 0 Å². The standard InChI is InChI=1S/C12H23NO/c1-2-3-11-4-7-13(10-11)12-5-8-14-9-6-12/h11-12H,2-10H2,1H3/t11-/m0/s1. The zero-order valence-corrected chi connectivity index (χ0v) is 9.37. The first kappa shape index (κ1) is 10.4. The van der Waals surface area contributed by atoms with Crippen LogP contribution < -0.4 is 0 Å². The zero-order chi connectivity index (χ0) is 9.80. The Labute approximate surface area is 87.6 Å². The number of hydrogen-bond acceptors (Lipinski definition) is 2. The molecule has 0 bridgehead atoms. The number of hydrogen-bond donors (Lipinski definition) is 0. The molecule has 1 atom stereocenters. The van der Waals surface area contributed by atoms with Gasteiger partial charge in [-0.1, -0.05) is 13.3 Å². The molecule has 0 N–H and O–H groups in total. The second-order valence-electron chi connectivity index (χ2n) is 4.78. The third-order valence-corrected chi connectivity index (χ3v) is 3.72. The maximum Gasteiger partial charge on any atom is 0.0480 e. The fourth-order valence-electron chi connectivity index (χ4n) is 2.89. The third-order valence-electron chi connectivity index (χ3n) is 3.72. The zero-order valence-electron chi connectivity index (χ0n) is 9.37. The van der Waals surface area contributed by atoms with E-state index in [0.29, 0.717) is 0 Å². The van der Waals surface area contributed by atoms with Crippen LogP contribution in [0.3, 0.4) is 0 Å². The van der Waals surface area contributed by atoms with Crippen LogP contribution in [0.4, 0.5) is 0 Å². The van der Waals surface area contributed by atoms with Gasteiger partial charge in [-0.3, -0.25) is 4.90 Å². The van der Waals surface area contributed by atoms with Crippen molar-refractivity contribution in [2.75, 3.05) is 26.3 Å². The summed E-state index contributed by atoms with van der Waals surface area (Å²) in [5, 5.41) is 0. The highest BCUT2D eigenvalue weighted by atomic mass is 16.5. The van der Waals surface area contributed by atoms with Crippen molar-refractivity contribution < 1.29 is 4.74 Å². The number of ether oxygens (including phenoxy) is 1. The molecule has 2 nitrogen and oxygen atoms in total. The number of rotatable bonds is 3. The van der Waals surface area contributed by atoms with Crippen molar-refractivity contribution in [3.8, 4) is 0 Å². The van der Waals surface area contributed by atoms with Gasteiger partial charge in [0.05, 0.1) is 0 Å². The number of likely N-dealkylation sites (tertiary alicyclic amines) is 1. The molecule has 2 heteroatoms. The van der Waals surface area contributed by atoms with Crippen LogP contribution in [0.5, 0.6) is 0 Å². The van der Waals surface area contributed by atoms with Crippen molar-refractivity contribution in [1.29, 1.82) is 0 Å². The summed E-state index contributed by atoms with van der Waals surface area (Å²) in [4.78, 5) is 2.71. The van der Waals surface area contributed by atoms with Crippen LogP contribution in [-0.4, -0.2) is 37.2 Å². The summed E-state index contributed by atoms with van der Waals surface area (Å²) >= 11 is 0. The van der Waals surface area contributed by atoms with E-state index in [0.717, 1.165) is 25.2 Å². The number of nitrogens with zero attached hydrogens (tertiary/aromatic N) is 1. The lowest BCUT2D eigenvalue weighted by atomic mass is 10.0. The Morgan fingerprint density at radius 1 is 1.21 bits per heavy atom. The third kappa shape index (κ3) is 2.48. The van der Waals surface area contributed by atoms with Gasteiger partial charge < -0.3 is 4.74 Å². The Hall–Kier alpha value is -0.0800. The van der Waals surface area contributed by atoms with Crippen molar-refractivity contribution in [2.24, 2.45) is 5.92 Å². The van der Waals surface area contributed by atoms with Crippen LogP contribution >= 0.6 is 0 Å². The molecular formula is C12H23NO. The molecule has 0 spiro atoms. The molecule has 2 rings (SSSR count). The van der Waals surface area contributed by atoms with Gasteiger partial charge in [-0.2, -0.15) is 0 Å². The molecule has 82 valence electrons. The van der Waals surface area contributed by atoms with Crippen molar-refractivity contribution in [3.05, 3.63) is 0 Å². The lowest BCUT2D eigenvalue weighted by Gasteiger charge is -2.31. The summed E-state index contributed by atoms with van der Waals surface area (Å²) in [6, 6.07) is 0.839. The minimum Gasteiger partial charge on any atom is -0.381 e. The van der Waals surface area contributed by atoms with E-state index in [2.05, 4.69) is 11.8 Å². The molecule has 2 saturated heterocycles. The van der Waals surface area contributed by atoms with Crippen LogP contribution in [0.25, 0.3) is 0 Å². The van der Waals surface area contributed by atoms with Crippen LogP contribution in [0.2, 0.25) is 0 Å². The molecule has 0 saturated carbocycles. The van der Waals surface area contributed by atoms with E-state index in [1.165, 1.54) is 45.2 Å². The first-order valence-electron chi connectivity index (χ1n) is 6.22. The lowest BCUT2D eigenvalue weighted by Crippen LogP contribution is -2.37. The van der Waals surface area contributed by atoms with Crippen molar-refractivity contribution in [2.45, 2.75) is 45.1 Å². The molecule has 2 aliphatic rings. The van der Waals surface area contributed by atoms with E-state index < -0.39 is 0 Å². The van der Waals surface area contributed by atoms with Crippen LogP contribution in [-0.2, 0) is 4.74 Å². The average molecular weight is 197 g/mol. The summed E-state index contributed by atoms with van der Waals surface area (Å²) in [5.74, 6) is 0.989. The van der Waals surface area contributed by atoms with Crippen molar-refractivity contribution in [1.82, 2.24) is 4.90 Å². The fraction of sp³-hybridized carbons (Fsp3) is 1.00. The molecule has 0 aromatic rings. The van der Waals surface area contributed by atoms with Gasteiger partial charge in [0, 0.05) is 25.8 Å². The predicted octanol–water partition coefficient (Wildman–Crippen LogP) is 2.29. The van der Waals surface area contributed by atoms with Gasteiger partial charge in [0.1, 0.15) is 0 Å². The van der Waals surface area contributed by atoms with Gasteiger partial charge in [-0.05, 0) is 38.1 Å². The van der Waals surface area contributed by atoms with E-state index in [1.54, 1.807) is 0 Å². The highest BCUT2D eigenvalue weighted by Crippen LogP contribution is 2.25. The topological polar surface area (TPSA) is 12.5 Å². The molecule has 0 amide bonds. The monoisotopic (exact) mass is 197 g/mol. The van der Waals surface area contributed by atoms with Gasteiger partial charge >= 0.3 is 0 Å². The van der Waals surface area contributed by atoms with Gasteiger partial charge in [-0.25, -0.2) is 0 Å². The van der Waals surface area contributed by atoms with Gasteiger partial charge in [-0.15, -0.1) is 0 Å². The van der Waals surface area contributed by atoms with Crippen LogP contribution in [0.15, 0.2) is 0 Å². The minimum absolute atomic E-state index is 0.839. The molecule has 0 aromatic carbocycles. The lowest BCUT2D eigenvalue weighted by molar-refractivity contribution is 0.0410. The molecule has 2 heterocycles. The van der Waals surface area contributed by atoms with Crippen LogP contribution in [0, 0.1) is 5.92 Å². The Bertz CT molecular complexity index is 166. The van der Waals surface area contributed by atoms with E-state index in [9.17, 15) is 0 Å². The summed E-state index contributed by atoms with van der Waals surface area (Å²) in [6.45, 7) is 6.98. The molecule has 0 radical (unpaired) electrons. The van der Waals surface area contributed by atoms with Gasteiger partial charge in [0.2, 0.25) is 0 Å². The van der Waals surface area contributed by atoms with E-state index in [4.69, 9.17) is 4.74 Å². The molecule has 2 fully saturated rings. The predicted molar refractivity (Wildman–Crippen MR) is 58.4 cm³/mol. The van der Waals surface area contributed by atoms with Crippen molar-refractivity contribution in [3.63, 3.8) is 0 Å². The van der Waals surface area contributed by atoms with E-state index in [1.807, 2.05) is 0 Å². The highest BCUT2D eigenvalue weighted by Gasteiger charge is 2.28. The SMILES string of the molecule is CCC[C@H]1CCN(C2CCOCC2)C1. The Morgan fingerprint density at radius 3 is 2.71 bits per heavy atom. The highest BCUT2D eigenvalue weighted by molar-refractivity contribution is 4.82. The maximum atomic E-state index is 5.41. The van der Waals surface area contributed by atoms with Gasteiger partial charge in [0.15, 0.2) is 0 Å². The maximum absolute atomic E-state index is 5.41.